The molecular weight excluding hydrogens is 162 g/mol. The summed E-state index contributed by atoms with van der Waals surface area (Å²) in [5, 5.41) is 3.55. The van der Waals surface area contributed by atoms with Gasteiger partial charge in [0.05, 0.1) is 5.60 Å². The fourth-order valence-electron chi connectivity index (χ4n) is 1.78. The van der Waals surface area contributed by atoms with Crippen LogP contribution in [0.4, 0.5) is 0 Å². The Morgan fingerprint density at radius 1 is 1.46 bits per heavy atom. The van der Waals surface area contributed by atoms with Crippen LogP contribution in [0, 0.1) is 5.92 Å². The Bertz CT molecular complexity index is 152. The van der Waals surface area contributed by atoms with Crippen LogP contribution in [0.2, 0.25) is 0 Å². The standard InChI is InChI=1S/C11H23NO/c1-5-12-10(9-6-7-9)8-11(2,3)13-4/h9-10,12H,5-8H2,1-4H3. The van der Waals surface area contributed by atoms with Crippen molar-refractivity contribution in [2.24, 2.45) is 5.92 Å². The zero-order chi connectivity index (χ0) is 9.90. The molecule has 1 aliphatic carbocycles. The highest BCUT2D eigenvalue weighted by atomic mass is 16.5. The maximum Gasteiger partial charge on any atom is 0.0637 e. The van der Waals surface area contributed by atoms with Gasteiger partial charge in [0.2, 0.25) is 0 Å². The third-order valence-electron chi connectivity index (χ3n) is 2.92. The molecule has 0 spiro atoms. The fraction of sp³-hybridized carbons (Fsp3) is 1.00. The minimum Gasteiger partial charge on any atom is -0.379 e. The van der Waals surface area contributed by atoms with E-state index in [-0.39, 0.29) is 5.60 Å². The molecule has 1 N–H and O–H groups in total. The molecule has 0 bridgehead atoms. The van der Waals surface area contributed by atoms with Crippen molar-refractivity contribution in [2.45, 2.75) is 51.7 Å². The number of rotatable bonds is 6. The van der Waals surface area contributed by atoms with Crippen LogP contribution in [0.25, 0.3) is 0 Å². The monoisotopic (exact) mass is 185 g/mol. The van der Waals surface area contributed by atoms with Gasteiger partial charge in [0.25, 0.3) is 0 Å². The maximum atomic E-state index is 5.45. The van der Waals surface area contributed by atoms with E-state index in [4.69, 9.17) is 4.74 Å². The van der Waals surface area contributed by atoms with Crippen molar-refractivity contribution in [1.82, 2.24) is 5.32 Å². The highest BCUT2D eigenvalue weighted by molar-refractivity contribution is 4.90. The second kappa shape index (κ2) is 4.43. The fourth-order valence-corrected chi connectivity index (χ4v) is 1.78. The lowest BCUT2D eigenvalue weighted by Crippen LogP contribution is -2.38. The van der Waals surface area contributed by atoms with Crippen molar-refractivity contribution in [3.8, 4) is 0 Å². The topological polar surface area (TPSA) is 21.3 Å². The summed E-state index contributed by atoms with van der Waals surface area (Å²) in [4.78, 5) is 0. The molecular formula is C11H23NO. The van der Waals surface area contributed by atoms with E-state index in [0.717, 1.165) is 18.9 Å². The smallest absolute Gasteiger partial charge is 0.0637 e. The molecule has 1 atom stereocenters. The van der Waals surface area contributed by atoms with Gasteiger partial charge in [-0.25, -0.2) is 0 Å². The van der Waals surface area contributed by atoms with E-state index in [9.17, 15) is 0 Å². The summed E-state index contributed by atoms with van der Waals surface area (Å²) >= 11 is 0. The number of hydrogen-bond donors (Lipinski definition) is 1. The van der Waals surface area contributed by atoms with Crippen molar-refractivity contribution in [3.05, 3.63) is 0 Å². The molecule has 0 heterocycles. The molecule has 1 saturated carbocycles. The van der Waals surface area contributed by atoms with Gasteiger partial charge in [-0.1, -0.05) is 6.92 Å². The number of methoxy groups -OCH3 is 1. The highest BCUT2D eigenvalue weighted by Gasteiger charge is 2.34. The van der Waals surface area contributed by atoms with Gasteiger partial charge in [-0.15, -0.1) is 0 Å². The highest BCUT2D eigenvalue weighted by Crippen LogP contribution is 2.36. The molecule has 1 unspecified atom stereocenters. The molecule has 1 rings (SSSR count). The van der Waals surface area contributed by atoms with Gasteiger partial charge in [0.1, 0.15) is 0 Å². The summed E-state index contributed by atoms with van der Waals surface area (Å²) in [5.74, 6) is 0.911. The Balaban J connectivity index is 2.36. The number of nitrogens with one attached hydrogen (secondary N) is 1. The second-order valence-electron chi connectivity index (χ2n) is 4.67. The first-order chi connectivity index (χ1) is 6.09. The van der Waals surface area contributed by atoms with Crippen molar-refractivity contribution >= 4 is 0 Å². The molecule has 13 heavy (non-hydrogen) atoms. The Kier molecular flexibility index (Phi) is 3.74. The average Bonchev–Trinajstić information content (AvgIpc) is 2.86. The number of ether oxygens (including phenoxy) is 1. The Morgan fingerprint density at radius 3 is 2.46 bits per heavy atom. The summed E-state index contributed by atoms with van der Waals surface area (Å²) in [7, 11) is 1.80. The third kappa shape index (κ3) is 3.65. The van der Waals surface area contributed by atoms with Gasteiger partial charge in [-0.05, 0) is 45.6 Å². The van der Waals surface area contributed by atoms with E-state index >= 15 is 0 Å². The second-order valence-corrected chi connectivity index (χ2v) is 4.67. The van der Waals surface area contributed by atoms with Gasteiger partial charge < -0.3 is 10.1 Å². The first-order valence-corrected chi connectivity index (χ1v) is 5.37. The van der Waals surface area contributed by atoms with E-state index in [1.54, 1.807) is 7.11 Å². The Hall–Kier alpha value is -0.0800. The Labute approximate surface area is 82.0 Å². The molecule has 2 nitrogen and oxygen atoms in total. The van der Waals surface area contributed by atoms with Gasteiger partial charge in [-0.3, -0.25) is 0 Å². The molecule has 0 radical (unpaired) electrons. The van der Waals surface area contributed by atoms with Crippen LogP contribution in [0.1, 0.15) is 40.0 Å². The molecule has 0 aliphatic heterocycles. The normalized spacial score (nSPS) is 20.3. The summed E-state index contributed by atoms with van der Waals surface area (Å²) in [6, 6.07) is 0.667. The van der Waals surface area contributed by atoms with E-state index in [2.05, 4.69) is 26.1 Å². The SMILES string of the molecule is CCNC(CC(C)(C)OC)C1CC1. The molecule has 1 aliphatic rings. The molecule has 78 valence electrons. The molecule has 2 heteroatoms. The van der Waals surface area contributed by atoms with Crippen LogP contribution < -0.4 is 5.32 Å². The zero-order valence-corrected chi connectivity index (χ0v) is 9.39. The van der Waals surface area contributed by atoms with Crippen LogP contribution >= 0.6 is 0 Å². The zero-order valence-electron chi connectivity index (χ0n) is 9.39. The molecule has 1 fully saturated rings. The molecule has 0 aromatic rings. The maximum absolute atomic E-state index is 5.45. The average molecular weight is 185 g/mol. The van der Waals surface area contributed by atoms with Gasteiger partial charge in [0, 0.05) is 13.2 Å². The van der Waals surface area contributed by atoms with Crippen LogP contribution in [-0.2, 0) is 4.74 Å². The lowest BCUT2D eigenvalue weighted by Gasteiger charge is -2.29. The minimum atomic E-state index is 0.0232. The van der Waals surface area contributed by atoms with Crippen LogP contribution in [0.15, 0.2) is 0 Å². The predicted octanol–water partition coefficient (Wildman–Crippen LogP) is 2.19. The first-order valence-electron chi connectivity index (χ1n) is 5.37. The van der Waals surface area contributed by atoms with Crippen LogP contribution in [0.5, 0.6) is 0 Å². The van der Waals surface area contributed by atoms with Crippen molar-refractivity contribution in [3.63, 3.8) is 0 Å². The number of hydrogen-bond acceptors (Lipinski definition) is 2. The van der Waals surface area contributed by atoms with Gasteiger partial charge in [0.15, 0.2) is 0 Å². The van der Waals surface area contributed by atoms with E-state index in [0.29, 0.717) is 6.04 Å². The lowest BCUT2D eigenvalue weighted by atomic mass is 9.96. The summed E-state index contributed by atoms with van der Waals surface area (Å²) in [6.45, 7) is 7.58. The van der Waals surface area contributed by atoms with Crippen molar-refractivity contribution in [2.75, 3.05) is 13.7 Å². The Morgan fingerprint density at radius 2 is 2.08 bits per heavy atom. The van der Waals surface area contributed by atoms with E-state index in [1.807, 2.05) is 0 Å². The van der Waals surface area contributed by atoms with Crippen LogP contribution in [0.3, 0.4) is 0 Å². The van der Waals surface area contributed by atoms with Gasteiger partial charge in [-0.2, -0.15) is 0 Å². The van der Waals surface area contributed by atoms with E-state index < -0.39 is 0 Å². The molecule has 0 amide bonds. The van der Waals surface area contributed by atoms with Crippen molar-refractivity contribution in [1.29, 1.82) is 0 Å². The first kappa shape index (κ1) is 11.0. The van der Waals surface area contributed by atoms with Crippen molar-refractivity contribution < 1.29 is 4.74 Å². The molecule has 0 saturated heterocycles. The molecule has 0 aromatic carbocycles. The third-order valence-corrected chi connectivity index (χ3v) is 2.92. The van der Waals surface area contributed by atoms with Crippen LogP contribution in [-0.4, -0.2) is 25.3 Å². The summed E-state index contributed by atoms with van der Waals surface area (Å²) in [5.41, 5.74) is 0.0232. The summed E-state index contributed by atoms with van der Waals surface area (Å²) in [6.07, 6.45) is 3.93. The summed E-state index contributed by atoms with van der Waals surface area (Å²) < 4.78 is 5.45. The quantitative estimate of drug-likeness (QED) is 0.685. The largest absolute Gasteiger partial charge is 0.379 e. The van der Waals surface area contributed by atoms with Gasteiger partial charge >= 0.3 is 0 Å². The minimum absolute atomic E-state index is 0.0232. The van der Waals surface area contributed by atoms with E-state index in [1.165, 1.54) is 12.8 Å². The predicted molar refractivity (Wildman–Crippen MR) is 55.9 cm³/mol. The molecule has 0 aromatic heterocycles. The lowest BCUT2D eigenvalue weighted by molar-refractivity contribution is 0.00530.